The molecule has 0 amide bonds. The van der Waals surface area contributed by atoms with Gasteiger partial charge in [-0.25, -0.2) is 0 Å². The van der Waals surface area contributed by atoms with Gasteiger partial charge in [-0.2, -0.15) is 0 Å². The second kappa shape index (κ2) is 5.84. The Labute approximate surface area is 134 Å². The Balaban J connectivity index is 1.80. The third-order valence-corrected chi connectivity index (χ3v) is 4.28. The molecule has 0 atom stereocenters. The number of pyridine rings is 1. The number of rotatable bonds is 5. The molecule has 114 valence electrons. The molecule has 0 N–H and O–H groups in total. The Kier molecular flexibility index (Phi) is 3.54. The van der Waals surface area contributed by atoms with E-state index in [0.717, 1.165) is 46.9 Å². The van der Waals surface area contributed by atoms with Crippen molar-refractivity contribution in [1.29, 1.82) is 0 Å². The summed E-state index contributed by atoms with van der Waals surface area (Å²) < 4.78 is 6.16. The molecule has 2 aromatic carbocycles. The van der Waals surface area contributed by atoms with Crippen LogP contribution in [-0.4, -0.2) is 11.3 Å². The minimum absolute atomic E-state index is 0.492. The number of ether oxygens (including phenoxy) is 1. The molecular formula is C20H17NO2. The first-order chi connectivity index (χ1) is 11.4. The number of carbonyl (C=O) groups is 1. The molecule has 0 bridgehead atoms. The first-order valence-electron chi connectivity index (χ1n) is 7.90. The number of benzene rings is 2. The molecule has 1 aliphatic carbocycles. The summed E-state index contributed by atoms with van der Waals surface area (Å²) in [5.74, 6) is 1.32. The Morgan fingerprint density at radius 3 is 2.70 bits per heavy atom. The van der Waals surface area contributed by atoms with Crippen LogP contribution in [0.2, 0.25) is 0 Å². The standard InChI is InChI=1S/C20H17NO2/c22-12-16-11-18(15-8-9-15)20(19-17(16)7-4-10-21-19)23-13-14-5-2-1-3-6-14/h1-7,10-12,15H,8-9,13H2. The fourth-order valence-electron chi connectivity index (χ4n) is 2.94. The molecule has 1 saturated carbocycles. The van der Waals surface area contributed by atoms with E-state index in [9.17, 15) is 4.79 Å². The van der Waals surface area contributed by atoms with Crippen LogP contribution in [0.25, 0.3) is 10.9 Å². The van der Waals surface area contributed by atoms with E-state index in [1.807, 2.05) is 48.5 Å². The molecule has 0 saturated heterocycles. The Bertz CT molecular complexity index is 854. The molecule has 1 heterocycles. The SMILES string of the molecule is O=Cc1cc(C2CC2)c(OCc2ccccc2)c2ncccc12. The second-order valence-corrected chi connectivity index (χ2v) is 5.95. The van der Waals surface area contributed by atoms with Gasteiger partial charge in [0.15, 0.2) is 6.29 Å². The Morgan fingerprint density at radius 2 is 1.96 bits per heavy atom. The molecule has 3 nitrogen and oxygen atoms in total. The van der Waals surface area contributed by atoms with Gasteiger partial charge in [-0.3, -0.25) is 9.78 Å². The van der Waals surface area contributed by atoms with Gasteiger partial charge >= 0.3 is 0 Å². The van der Waals surface area contributed by atoms with E-state index < -0.39 is 0 Å². The van der Waals surface area contributed by atoms with Crippen molar-refractivity contribution in [3.63, 3.8) is 0 Å². The number of fused-ring (bicyclic) bond motifs is 1. The molecule has 23 heavy (non-hydrogen) atoms. The summed E-state index contributed by atoms with van der Waals surface area (Å²) in [5, 5.41) is 0.856. The predicted molar refractivity (Wildman–Crippen MR) is 89.9 cm³/mol. The smallest absolute Gasteiger partial charge is 0.150 e. The zero-order valence-electron chi connectivity index (χ0n) is 12.7. The maximum absolute atomic E-state index is 11.4. The number of aldehydes is 1. The lowest BCUT2D eigenvalue weighted by Crippen LogP contribution is -2.01. The summed E-state index contributed by atoms with van der Waals surface area (Å²) in [4.78, 5) is 15.9. The Hall–Kier alpha value is -2.68. The summed E-state index contributed by atoms with van der Waals surface area (Å²) in [6.45, 7) is 0.507. The zero-order chi connectivity index (χ0) is 15.6. The third kappa shape index (κ3) is 2.70. The van der Waals surface area contributed by atoms with E-state index in [1.165, 1.54) is 0 Å². The van der Waals surface area contributed by atoms with E-state index in [4.69, 9.17) is 4.74 Å². The molecule has 1 fully saturated rings. The van der Waals surface area contributed by atoms with Gasteiger partial charge in [0.25, 0.3) is 0 Å². The highest BCUT2D eigenvalue weighted by molar-refractivity contribution is 6.00. The van der Waals surface area contributed by atoms with Gasteiger partial charge in [0.1, 0.15) is 17.9 Å². The number of nitrogens with zero attached hydrogens (tertiary/aromatic N) is 1. The minimum atomic E-state index is 0.492. The molecule has 1 aromatic heterocycles. The van der Waals surface area contributed by atoms with Crippen molar-refractivity contribution in [2.24, 2.45) is 0 Å². The summed E-state index contributed by atoms with van der Waals surface area (Å²) in [6.07, 6.45) is 4.97. The molecule has 0 unspecified atom stereocenters. The summed E-state index contributed by atoms with van der Waals surface area (Å²) in [6, 6.07) is 15.9. The maximum Gasteiger partial charge on any atom is 0.150 e. The molecule has 0 spiro atoms. The molecule has 0 aliphatic heterocycles. The van der Waals surface area contributed by atoms with Gasteiger partial charge in [0.05, 0.1) is 0 Å². The third-order valence-electron chi connectivity index (χ3n) is 4.28. The van der Waals surface area contributed by atoms with Crippen molar-refractivity contribution in [3.05, 3.63) is 71.4 Å². The predicted octanol–water partition coefficient (Wildman–Crippen LogP) is 4.50. The quantitative estimate of drug-likeness (QED) is 0.651. The van der Waals surface area contributed by atoms with Crippen LogP contribution in [0.15, 0.2) is 54.7 Å². The van der Waals surface area contributed by atoms with Gasteiger partial charge < -0.3 is 4.74 Å². The van der Waals surface area contributed by atoms with Crippen LogP contribution in [0.1, 0.15) is 40.2 Å². The first kappa shape index (κ1) is 13.9. The second-order valence-electron chi connectivity index (χ2n) is 5.95. The van der Waals surface area contributed by atoms with Crippen molar-refractivity contribution in [3.8, 4) is 5.75 Å². The van der Waals surface area contributed by atoms with E-state index in [2.05, 4.69) is 4.98 Å². The van der Waals surface area contributed by atoms with Crippen molar-refractivity contribution >= 4 is 17.2 Å². The van der Waals surface area contributed by atoms with E-state index in [0.29, 0.717) is 18.1 Å². The van der Waals surface area contributed by atoms with Crippen LogP contribution in [0.3, 0.4) is 0 Å². The highest BCUT2D eigenvalue weighted by Gasteiger charge is 2.29. The number of hydrogen-bond acceptors (Lipinski definition) is 3. The van der Waals surface area contributed by atoms with Crippen molar-refractivity contribution in [1.82, 2.24) is 4.98 Å². The summed E-state index contributed by atoms with van der Waals surface area (Å²) >= 11 is 0. The molecule has 4 rings (SSSR count). The summed E-state index contributed by atoms with van der Waals surface area (Å²) in [7, 11) is 0. The van der Waals surface area contributed by atoms with Gasteiger partial charge in [-0.05, 0) is 36.5 Å². The lowest BCUT2D eigenvalue weighted by molar-refractivity contribution is 0.112. The van der Waals surface area contributed by atoms with Gasteiger partial charge in [-0.1, -0.05) is 36.4 Å². The molecule has 0 radical (unpaired) electrons. The normalized spacial score (nSPS) is 13.9. The number of aromatic nitrogens is 1. The molecular weight excluding hydrogens is 286 g/mol. The van der Waals surface area contributed by atoms with Crippen LogP contribution in [0.5, 0.6) is 5.75 Å². The Morgan fingerprint density at radius 1 is 1.13 bits per heavy atom. The van der Waals surface area contributed by atoms with E-state index in [1.54, 1.807) is 6.20 Å². The van der Waals surface area contributed by atoms with Crippen LogP contribution in [-0.2, 0) is 6.61 Å². The topological polar surface area (TPSA) is 39.2 Å². The van der Waals surface area contributed by atoms with E-state index in [-0.39, 0.29) is 0 Å². The fourth-order valence-corrected chi connectivity index (χ4v) is 2.94. The molecule has 3 aromatic rings. The largest absolute Gasteiger partial charge is 0.486 e. The summed E-state index contributed by atoms with van der Waals surface area (Å²) in [5.41, 5.74) is 3.73. The number of carbonyl (C=O) groups excluding carboxylic acids is 1. The number of hydrogen-bond donors (Lipinski definition) is 0. The van der Waals surface area contributed by atoms with Crippen molar-refractivity contribution < 1.29 is 9.53 Å². The average molecular weight is 303 g/mol. The highest BCUT2D eigenvalue weighted by Crippen LogP contribution is 2.47. The fraction of sp³-hybridized carbons (Fsp3) is 0.200. The maximum atomic E-state index is 11.4. The van der Waals surface area contributed by atoms with Crippen LogP contribution in [0.4, 0.5) is 0 Å². The minimum Gasteiger partial charge on any atom is -0.486 e. The van der Waals surface area contributed by atoms with Crippen molar-refractivity contribution in [2.45, 2.75) is 25.4 Å². The lowest BCUT2D eigenvalue weighted by Gasteiger charge is -2.15. The lowest BCUT2D eigenvalue weighted by atomic mass is 10.0. The van der Waals surface area contributed by atoms with Gasteiger partial charge in [-0.15, -0.1) is 0 Å². The first-order valence-corrected chi connectivity index (χ1v) is 7.90. The van der Waals surface area contributed by atoms with Gasteiger partial charge in [0.2, 0.25) is 0 Å². The zero-order valence-corrected chi connectivity index (χ0v) is 12.7. The van der Waals surface area contributed by atoms with Gasteiger partial charge in [0, 0.05) is 22.7 Å². The van der Waals surface area contributed by atoms with Crippen LogP contribution >= 0.6 is 0 Å². The van der Waals surface area contributed by atoms with Crippen LogP contribution in [0, 0.1) is 0 Å². The monoisotopic (exact) mass is 303 g/mol. The molecule has 1 aliphatic rings. The van der Waals surface area contributed by atoms with E-state index >= 15 is 0 Å². The van der Waals surface area contributed by atoms with Crippen LogP contribution < -0.4 is 4.74 Å². The highest BCUT2D eigenvalue weighted by atomic mass is 16.5. The van der Waals surface area contributed by atoms with Crippen molar-refractivity contribution in [2.75, 3.05) is 0 Å². The average Bonchev–Trinajstić information content (AvgIpc) is 3.45. The molecule has 3 heteroatoms.